The number of hydrogen-bond donors (Lipinski definition) is 0. The van der Waals surface area contributed by atoms with Crippen molar-refractivity contribution in [3.05, 3.63) is 30.4 Å². The molecule has 0 radical (unpaired) electrons. The van der Waals surface area contributed by atoms with Gasteiger partial charge < -0.3 is 19.1 Å². The first-order valence-corrected chi connectivity index (χ1v) is 6.63. The van der Waals surface area contributed by atoms with E-state index in [1.165, 1.54) is 0 Å². The second kappa shape index (κ2) is 7.80. The molecule has 0 saturated heterocycles. The van der Waals surface area contributed by atoms with Crippen molar-refractivity contribution in [1.82, 2.24) is 4.90 Å². The van der Waals surface area contributed by atoms with Crippen LogP contribution >= 0.6 is 0 Å². The van der Waals surface area contributed by atoms with Crippen LogP contribution in [0.3, 0.4) is 0 Å². The lowest BCUT2D eigenvalue weighted by Gasteiger charge is -2.24. The topological polar surface area (TPSA) is 30.9 Å². The average Bonchev–Trinajstić information content (AvgIpc) is 2.45. The van der Waals surface area contributed by atoms with Gasteiger partial charge >= 0.3 is 0 Å². The van der Waals surface area contributed by atoms with Crippen LogP contribution in [0, 0.1) is 0 Å². The molecule has 1 atom stereocenters. The molecule has 4 nitrogen and oxygen atoms in total. The number of ether oxygens (including phenoxy) is 3. The Morgan fingerprint density at radius 2 is 1.65 bits per heavy atom. The van der Waals surface area contributed by atoms with Crippen LogP contribution in [-0.2, 0) is 6.42 Å². The fraction of sp³-hybridized carbons (Fsp3) is 0.500. The maximum Gasteiger partial charge on any atom is 0.203 e. The van der Waals surface area contributed by atoms with Gasteiger partial charge in [0.1, 0.15) is 0 Å². The first-order chi connectivity index (χ1) is 9.57. The standard InChI is InChI=1S/C16H25NO3/c1-7-8-13(17(2)3)9-12-10-14(18-4)16(20-6)15(11-12)19-5/h7,10-11,13H,1,8-9H2,2-6H3/t13-/m1/s1. The van der Waals surface area contributed by atoms with Crippen molar-refractivity contribution in [3.8, 4) is 17.2 Å². The molecule has 0 N–H and O–H groups in total. The van der Waals surface area contributed by atoms with Gasteiger partial charge in [-0.1, -0.05) is 6.08 Å². The van der Waals surface area contributed by atoms with Crippen LogP contribution in [0.2, 0.25) is 0 Å². The molecule has 0 aromatic heterocycles. The summed E-state index contributed by atoms with van der Waals surface area (Å²) in [4.78, 5) is 2.20. The number of rotatable bonds is 8. The number of likely N-dealkylation sites (N-methyl/N-ethyl adjacent to an activating group) is 1. The first kappa shape index (κ1) is 16.4. The molecular formula is C16H25NO3. The third kappa shape index (κ3) is 3.90. The van der Waals surface area contributed by atoms with Gasteiger partial charge in [0.15, 0.2) is 11.5 Å². The summed E-state index contributed by atoms with van der Waals surface area (Å²) < 4.78 is 16.1. The van der Waals surface area contributed by atoms with Gasteiger partial charge in [-0.3, -0.25) is 0 Å². The van der Waals surface area contributed by atoms with E-state index in [4.69, 9.17) is 14.2 Å². The van der Waals surface area contributed by atoms with E-state index in [2.05, 4.69) is 25.6 Å². The van der Waals surface area contributed by atoms with Crippen molar-refractivity contribution in [2.24, 2.45) is 0 Å². The number of hydrogen-bond acceptors (Lipinski definition) is 4. The molecule has 20 heavy (non-hydrogen) atoms. The molecule has 0 aliphatic rings. The van der Waals surface area contributed by atoms with E-state index >= 15 is 0 Å². The minimum Gasteiger partial charge on any atom is -0.493 e. The van der Waals surface area contributed by atoms with Crippen molar-refractivity contribution in [1.29, 1.82) is 0 Å². The van der Waals surface area contributed by atoms with E-state index in [1.54, 1.807) is 21.3 Å². The maximum absolute atomic E-state index is 5.38. The van der Waals surface area contributed by atoms with E-state index < -0.39 is 0 Å². The molecule has 0 amide bonds. The normalized spacial score (nSPS) is 12.1. The summed E-state index contributed by atoms with van der Waals surface area (Å²) in [7, 11) is 9.03. The Bertz CT molecular complexity index is 418. The monoisotopic (exact) mass is 279 g/mol. The smallest absolute Gasteiger partial charge is 0.203 e. The van der Waals surface area contributed by atoms with Crippen LogP contribution in [0.5, 0.6) is 17.2 Å². The first-order valence-electron chi connectivity index (χ1n) is 6.63. The lowest BCUT2D eigenvalue weighted by molar-refractivity contribution is 0.291. The van der Waals surface area contributed by atoms with Crippen molar-refractivity contribution >= 4 is 0 Å². The summed E-state index contributed by atoms with van der Waals surface area (Å²) in [5.74, 6) is 2.01. The lowest BCUT2D eigenvalue weighted by atomic mass is 10.0. The van der Waals surface area contributed by atoms with Gasteiger partial charge in [0, 0.05) is 6.04 Å². The zero-order chi connectivity index (χ0) is 15.1. The fourth-order valence-corrected chi connectivity index (χ4v) is 2.19. The Kier molecular flexibility index (Phi) is 6.39. The Morgan fingerprint density at radius 3 is 2.00 bits per heavy atom. The molecule has 112 valence electrons. The molecule has 0 spiro atoms. The minimum atomic E-state index is 0.398. The predicted molar refractivity (Wildman–Crippen MR) is 82.1 cm³/mol. The predicted octanol–water partition coefficient (Wildman–Crippen LogP) is 2.76. The van der Waals surface area contributed by atoms with Crippen molar-refractivity contribution in [3.63, 3.8) is 0 Å². The van der Waals surface area contributed by atoms with Crippen LogP contribution in [0.1, 0.15) is 12.0 Å². The highest BCUT2D eigenvalue weighted by molar-refractivity contribution is 5.54. The van der Waals surface area contributed by atoms with Gasteiger partial charge in [-0.15, -0.1) is 6.58 Å². The highest BCUT2D eigenvalue weighted by atomic mass is 16.5. The van der Waals surface area contributed by atoms with Gasteiger partial charge in [-0.05, 0) is 44.6 Å². The average molecular weight is 279 g/mol. The van der Waals surface area contributed by atoms with E-state index in [0.717, 1.165) is 18.4 Å². The van der Waals surface area contributed by atoms with Crippen LogP contribution in [0.25, 0.3) is 0 Å². The maximum atomic E-state index is 5.38. The highest BCUT2D eigenvalue weighted by Gasteiger charge is 2.16. The van der Waals surface area contributed by atoms with Gasteiger partial charge in [0.2, 0.25) is 5.75 Å². The Hall–Kier alpha value is -1.68. The second-order valence-corrected chi connectivity index (χ2v) is 4.88. The number of methoxy groups -OCH3 is 3. The molecule has 1 rings (SSSR count). The van der Waals surface area contributed by atoms with Crippen molar-refractivity contribution in [2.45, 2.75) is 18.9 Å². The molecule has 0 unspecified atom stereocenters. The van der Waals surface area contributed by atoms with E-state index in [1.807, 2.05) is 18.2 Å². The lowest BCUT2D eigenvalue weighted by Crippen LogP contribution is -2.29. The minimum absolute atomic E-state index is 0.398. The van der Waals surface area contributed by atoms with Crippen LogP contribution in [0.4, 0.5) is 0 Å². The summed E-state index contributed by atoms with van der Waals surface area (Å²) in [5.41, 5.74) is 1.15. The van der Waals surface area contributed by atoms with Crippen LogP contribution in [-0.4, -0.2) is 46.4 Å². The Morgan fingerprint density at radius 1 is 1.10 bits per heavy atom. The fourth-order valence-electron chi connectivity index (χ4n) is 2.19. The Balaban J connectivity index is 3.08. The van der Waals surface area contributed by atoms with Gasteiger partial charge in [-0.2, -0.15) is 0 Å². The zero-order valence-electron chi connectivity index (χ0n) is 13.1. The van der Waals surface area contributed by atoms with Gasteiger partial charge in [-0.25, -0.2) is 0 Å². The summed E-state index contributed by atoms with van der Waals surface area (Å²) in [5, 5.41) is 0. The zero-order valence-corrected chi connectivity index (χ0v) is 13.1. The largest absolute Gasteiger partial charge is 0.493 e. The third-order valence-corrected chi connectivity index (χ3v) is 3.36. The molecular weight excluding hydrogens is 254 g/mol. The van der Waals surface area contributed by atoms with E-state index in [0.29, 0.717) is 23.3 Å². The summed E-state index contributed by atoms with van der Waals surface area (Å²) in [6.07, 6.45) is 3.78. The molecule has 1 aromatic carbocycles. The van der Waals surface area contributed by atoms with Crippen molar-refractivity contribution in [2.75, 3.05) is 35.4 Å². The summed E-state index contributed by atoms with van der Waals surface area (Å²) >= 11 is 0. The molecule has 4 heteroatoms. The second-order valence-electron chi connectivity index (χ2n) is 4.88. The van der Waals surface area contributed by atoms with Gasteiger partial charge in [0.25, 0.3) is 0 Å². The quantitative estimate of drug-likeness (QED) is 0.685. The SMILES string of the molecule is C=CC[C@H](Cc1cc(OC)c(OC)c(OC)c1)N(C)C. The highest BCUT2D eigenvalue weighted by Crippen LogP contribution is 2.38. The van der Waals surface area contributed by atoms with Crippen molar-refractivity contribution < 1.29 is 14.2 Å². The molecule has 0 saturated carbocycles. The van der Waals surface area contributed by atoms with Crippen LogP contribution < -0.4 is 14.2 Å². The third-order valence-electron chi connectivity index (χ3n) is 3.36. The van der Waals surface area contributed by atoms with Gasteiger partial charge in [0.05, 0.1) is 21.3 Å². The molecule has 0 fully saturated rings. The molecule has 1 aromatic rings. The molecule has 0 bridgehead atoms. The summed E-state index contributed by atoms with van der Waals surface area (Å²) in [6, 6.07) is 4.40. The van der Waals surface area contributed by atoms with E-state index in [-0.39, 0.29) is 0 Å². The molecule has 0 aliphatic heterocycles. The number of benzene rings is 1. The molecule has 0 aliphatic carbocycles. The van der Waals surface area contributed by atoms with E-state index in [9.17, 15) is 0 Å². The summed E-state index contributed by atoms with van der Waals surface area (Å²) in [6.45, 7) is 3.82. The van der Waals surface area contributed by atoms with Crippen LogP contribution in [0.15, 0.2) is 24.8 Å². The number of nitrogens with zero attached hydrogens (tertiary/aromatic N) is 1. The molecule has 0 heterocycles. The Labute approximate surface area is 121 Å².